The zero-order valence-corrected chi connectivity index (χ0v) is 16.7. The number of nitrogens with one attached hydrogen (secondary N) is 1. The molecule has 0 radical (unpaired) electrons. The van der Waals surface area contributed by atoms with E-state index in [2.05, 4.69) is 21.2 Å². The van der Waals surface area contributed by atoms with Crippen LogP contribution in [0.4, 0.5) is 0 Å². The van der Waals surface area contributed by atoms with E-state index >= 15 is 0 Å². The van der Waals surface area contributed by atoms with Crippen LogP contribution in [0, 0.1) is 5.92 Å². The molecule has 0 saturated heterocycles. The Morgan fingerprint density at radius 3 is 2.80 bits per heavy atom. The third kappa shape index (κ3) is 4.12. The summed E-state index contributed by atoms with van der Waals surface area (Å²) >= 11 is 5.07. The maximum Gasteiger partial charge on any atom is 0.263 e. The van der Waals surface area contributed by atoms with E-state index in [1.54, 1.807) is 30.3 Å². The number of carbonyl (C=O) groups is 2. The molecule has 3 rings (SSSR count). The van der Waals surface area contributed by atoms with E-state index in [1.807, 2.05) is 30.3 Å². The molecule has 1 heterocycles. The van der Waals surface area contributed by atoms with Gasteiger partial charge in [0.05, 0.1) is 4.88 Å². The monoisotopic (exact) mass is 420 g/mol. The molecule has 1 aliphatic rings. The molecule has 1 aromatic heterocycles. The summed E-state index contributed by atoms with van der Waals surface area (Å²) in [6.45, 7) is 0.525. The first kappa shape index (κ1) is 18.1. The number of fused-ring (bicyclic) bond motifs is 1. The third-order valence-corrected chi connectivity index (χ3v) is 6.48. The number of thiophene rings is 1. The molecular weight excluding hydrogens is 400 g/mol. The summed E-state index contributed by atoms with van der Waals surface area (Å²) < 4.78 is 1.01. The Bertz CT molecular complexity index is 800. The van der Waals surface area contributed by atoms with Crippen LogP contribution in [0.2, 0.25) is 0 Å². The molecule has 4 nitrogen and oxygen atoms in total. The van der Waals surface area contributed by atoms with Gasteiger partial charge >= 0.3 is 0 Å². The average Bonchev–Trinajstić information content (AvgIpc) is 3.03. The van der Waals surface area contributed by atoms with Crippen LogP contribution >= 0.6 is 27.3 Å². The van der Waals surface area contributed by atoms with Crippen LogP contribution in [0.25, 0.3) is 0 Å². The minimum Gasteiger partial charge on any atom is -0.352 e. The van der Waals surface area contributed by atoms with Crippen LogP contribution in [-0.4, -0.2) is 30.8 Å². The molecule has 6 heteroatoms. The van der Waals surface area contributed by atoms with Gasteiger partial charge in [0.15, 0.2) is 0 Å². The summed E-state index contributed by atoms with van der Waals surface area (Å²) in [6.07, 6.45) is 2.42. The number of rotatable bonds is 4. The SMILES string of the molecule is CN(C)C(=O)c1cc2c(s1)CC[C@H](C(=O)NCc1ccccc1Br)C2. The Labute approximate surface area is 160 Å². The highest BCUT2D eigenvalue weighted by molar-refractivity contribution is 9.10. The van der Waals surface area contributed by atoms with E-state index < -0.39 is 0 Å². The molecule has 0 unspecified atom stereocenters. The maximum atomic E-state index is 12.5. The van der Waals surface area contributed by atoms with Gasteiger partial charge in [-0.2, -0.15) is 0 Å². The number of aryl methyl sites for hydroxylation is 1. The number of benzene rings is 1. The lowest BCUT2D eigenvalue weighted by atomic mass is 9.87. The van der Waals surface area contributed by atoms with Crippen LogP contribution in [0.15, 0.2) is 34.8 Å². The number of amides is 2. The molecule has 1 aliphatic carbocycles. The van der Waals surface area contributed by atoms with Crippen molar-refractivity contribution in [2.75, 3.05) is 14.1 Å². The average molecular weight is 421 g/mol. The summed E-state index contributed by atoms with van der Waals surface area (Å²) in [7, 11) is 3.53. The number of hydrogen-bond donors (Lipinski definition) is 1. The first-order valence-electron chi connectivity index (χ1n) is 8.30. The van der Waals surface area contributed by atoms with Crippen LogP contribution in [-0.2, 0) is 24.2 Å². The maximum absolute atomic E-state index is 12.5. The Kier molecular flexibility index (Phi) is 5.59. The van der Waals surface area contributed by atoms with Crippen molar-refractivity contribution in [3.05, 3.63) is 55.7 Å². The van der Waals surface area contributed by atoms with Gasteiger partial charge in [-0.25, -0.2) is 0 Å². The number of halogens is 1. The second-order valence-electron chi connectivity index (χ2n) is 6.51. The second kappa shape index (κ2) is 7.70. The van der Waals surface area contributed by atoms with Gasteiger partial charge in [0.25, 0.3) is 5.91 Å². The predicted octanol–water partition coefficient (Wildman–Crippen LogP) is 3.63. The molecule has 0 spiro atoms. The highest BCUT2D eigenvalue weighted by Gasteiger charge is 2.27. The highest BCUT2D eigenvalue weighted by Crippen LogP contribution is 2.33. The molecule has 1 atom stereocenters. The first-order valence-corrected chi connectivity index (χ1v) is 9.91. The molecule has 2 aromatic rings. The zero-order chi connectivity index (χ0) is 18.0. The fraction of sp³-hybridized carbons (Fsp3) is 0.368. The number of nitrogens with zero attached hydrogens (tertiary/aromatic N) is 1. The molecule has 0 saturated carbocycles. The Balaban J connectivity index is 1.63. The summed E-state index contributed by atoms with van der Waals surface area (Å²) in [5, 5.41) is 3.05. The minimum atomic E-state index is -0.0214. The Morgan fingerprint density at radius 2 is 2.08 bits per heavy atom. The van der Waals surface area contributed by atoms with E-state index in [0.29, 0.717) is 13.0 Å². The Hall–Kier alpha value is -1.66. The van der Waals surface area contributed by atoms with E-state index in [1.165, 1.54) is 4.88 Å². The van der Waals surface area contributed by atoms with Crippen LogP contribution < -0.4 is 5.32 Å². The van der Waals surface area contributed by atoms with Crippen LogP contribution in [0.5, 0.6) is 0 Å². The van der Waals surface area contributed by atoms with Gasteiger partial charge in [0.2, 0.25) is 5.91 Å². The van der Waals surface area contributed by atoms with Gasteiger partial charge in [-0.1, -0.05) is 34.1 Å². The fourth-order valence-corrected chi connectivity index (χ4v) is 4.70. The van der Waals surface area contributed by atoms with Crippen molar-refractivity contribution in [1.82, 2.24) is 10.2 Å². The van der Waals surface area contributed by atoms with Gasteiger partial charge in [-0.15, -0.1) is 11.3 Å². The van der Waals surface area contributed by atoms with E-state index in [4.69, 9.17) is 0 Å². The normalized spacial score (nSPS) is 16.2. The lowest BCUT2D eigenvalue weighted by Crippen LogP contribution is -2.33. The molecule has 0 bridgehead atoms. The molecular formula is C19H21BrN2O2S. The third-order valence-electron chi connectivity index (χ3n) is 4.48. The van der Waals surface area contributed by atoms with Crippen molar-refractivity contribution in [3.63, 3.8) is 0 Å². The van der Waals surface area contributed by atoms with E-state index in [0.717, 1.165) is 33.3 Å². The van der Waals surface area contributed by atoms with Crippen molar-refractivity contribution >= 4 is 39.1 Å². The van der Waals surface area contributed by atoms with Crippen molar-refractivity contribution in [3.8, 4) is 0 Å². The molecule has 1 N–H and O–H groups in total. The van der Waals surface area contributed by atoms with Crippen molar-refractivity contribution in [1.29, 1.82) is 0 Å². The molecule has 2 amide bonds. The second-order valence-corrected chi connectivity index (χ2v) is 8.50. The van der Waals surface area contributed by atoms with Gasteiger partial charge in [0.1, 0.15) is 0 Å². The topological polar surface area (TPSA) is 49.4 Å². The minimum absolute atomic E-state index is 0.0214. The summed E-state index contributed by atoms with van der Waals surface area (Å²) in [4.78, 5) is 28.3. The van der Waals surface area contributed by atoms with Gasteiger partial charge in [-0.05, 0) is 42.5 Å². The van der Waals surface area contributed by atoms with Crippen LogP contribution in [0.3, 0.4) is 0 Å². The van der Waals surface area contributed by atoms with Crippen molar-refractivity contribution in [2.24, 2.45) is 5.92 Å². The van der Waals surface area contributed by atoms with Crippen molar-refractivity contribution < 1.29 is 9.59 Å². The molecule has 132 valence electrons. The quantitative estimate of drug-likeness (QED) is 0.820. The zero-order valence-electron chi connectivity index (χ0n) is 14.3. The van der Waals surface area contributed by atoms with Gasteiger partial charge in [-0.3, -0.25) is 9.59 Å². The van der Waals surface area contributed by atoms with Crippen molar-refractivity contribution in [2.45, 2.75) is 25.8 Å². The number of carbonyl (C=O) groups excluding carboxylic acids is 2. The lowest BCUT2D eigenvalue weighted by molar-refractivity contribution is -0.125. The van der Waals surface area contributed by atoms with E-state index in [-0.39, 0.29) is 17.7 Å². The highest BCUT2D eigenvalue weighted by atomic mass is 79.9. The first-order chi connectivity index (χ1) is 12.0. The summed E-state index contributed by atoms with van der Waals surface area (Å²) in [6, 6.07) is 9.87. The predicted molar refractivity (Wildman–Crippen MR) is 104 cm³/mol. The smallest absolute Gasteiger partial charge is 0.263 e. The lowest BCUT2D eigenvalue weighted by Gasteiger charge is -2.21. The van der Waals surface area contributed by atoms with Gasteiger partial charge < -0.3 is 10.2 Å². The molecule has 1 aromatic carbocycles. The van der Waals surface area contributed by atoms with Crippen LogP contribution in [0.1, 0.15) is 32.1 Å². The largest absolute Gasteiger partial charge is 0.352 e. The Morgan fingerprint density at radius 1 is 1.32 bits per heavy atom. The van der Waals surface area contributed by atoms with E-state index in [9.17, 15) is 9.59 Å². The summed E-state index contributed by atoms with van der Waals surface area (Å²) in [5.74, 6) is 0.106. The number of hydrogen-bond acceptors (Lipinski definition) is 3. The molecule has 0 aliphatic heterocycles. The fourth-order valence-electron chi connectivity index (χ4n) is 3.04. The molecule has 25 heavy (non-hydrogen) atoms. The van der Waals surface area contributed by atoms with Gasteiger partial charge in [0, 0.05) is 35.9 Å². The standard InChI is InChI=1S/C19H21BrN2O2S/c1-22(2)19(24)17-10-14-9-12(7-8-16(14)25-17)18(23)21-11-13-5-3-4-6-15(13)20/h3-6,10,12H,7-9,11H2,1-2H3,(H,21,23)/t12-/m0/s1. The summed E-state index contributed by atoms with van der Waals surface area (Å²) in [5.41, 5.74) is 2.23. The molecule has 0 fully saturated rings.